The number of sulfonamides is 1. The fraction of sp³-hybridized carbons (Fsp3) is 0.355. The second-order valence-electron chi connectivity index (χ2n) is 10.1. The van der Waals surface area contributed by atoms with Crippen molar-refractivity contribution in [2.45, 2.75) is 57.6 Å². The Kier molecular flexibility index (Phi) is 11.4. The normalized spacial score (nSPS) is 12.0. The van der Waals surface area contributed by atoms with Crippen LogP contribution in [-0.2, 0) is 26.2 Å². The molecule has 1 unspecified atom stereocenters. The van der Waals surface area contributed by atoms with E-state index in [9.17, 15) is 18.0 Å². The molecule has 226 valence electrons. The fourth-order valence-electron chi connectivity index (χ4n) is 4.44. The van der Waals surface area contributed by atoms with Crippen LogP contribution in [0.25, 0.3) is 0 Å². The molecule has 0 bridgehead atoms. The second-order valence-corrected chi connectivity index (χ2v) is 12.8. The van der Waals surface area contributed by atoms with Crippen molar-refractivity contribution in [3.8, 4) is 11.5 Å². The lowest BCUT2D eigenvalue weighted by atomic mass is 10.1. The van der Waals surface area contributed by atoms with Crippen LogP contribution in [0, 0.1) is 6.92 Å². The van der Waals surface area contributed by atoms with Gasteiger partial charge in [0.25, 0.3) is 10.0 Å². The fourth-order valence-corrected chi connectivity index (χ4v) is 6.58. The van der Waals surface area contributed by atoms with E-state index >= 15 is 0 Å². The van der Waals surface area contributed by atoms with Crippen LogP contribution in [0.1, 0.15) is 38.3 Å². The number of anilines is 1. The van der Waals surface area contributed by atoms with Gasteiger partial charge < -0.3 is 19.7 Å². The number of hydrogen-bond donors (Lipinski definition) is 1. The van der Waals surface area contributed by atoms with Gasteiger partial charge in [-0.25, -0.2) is 8.42 Å². The molecule has 0 heterocycles. The van der Waals surface area contributed by atoms with Crippen molar-refractivity contribution in [2.75, 3.05) is 25.1 Å². The highest BCUT2D eigenvalue weighted by molar-refractivity contribution is 9.10. The number of carbonyl (C=O) groups is 2. The molecular weight excluding hydrogens is 622 g/mol. The molecule has 3 rings (SSSR count). The van der Waals surface area contributed by atoms with Gasteiger partial charge in [-0.1, -0.05) is 36.8 Å². The van der Waals surface area contributed by atoms with E-state index in [0.717, 1.165) is 15.4 Å². The zero-order valence-electron chi connectivity index (χ0n) is 24.8. The van der Waals surface area contributed by atoms with Gasteiger partial charge in [0.15, 0.2) is 0 Å². The van der Waals surface area contributed by atoms with Gasteiger partial charge in [-0.05, 0) is 91.1 Å². The predicted octanol–water partition coefficient (Wildman–Crippen LogP) is 5.30. The molecule has 2 amide bonds. The van der Waals surface area contributed by atoms with E-state index in [-0.39, 0.29) is 23.4 Å². The van der Waals surface area contributed by atoms with Crippen LogP contribution in [0.2, 0.25) is 0 Å². The standard InChI is InChI=1S/C31H38BrN3O6S/c1-7-28(31(37)33-21(2)3)34(19-23-9-8-10-25(17-23)40-5)30(36)20-35(24-13-11-22(4)12-14-24)42(38,39)26-15-16-29(41-6)27(32)18-26/h8-18,21,28H,7,19-20H2,1-6H3,(H,33,37). The van der Waals surface area contributed by atoms with Crippen molar-refractivity contribution in [2.24, 2.45) is 0 Å². The summed E-state index contributed by atoms with van der Waals surface area (Å²) in [5.41, 5.74) is 2.00. The Balaban J connectivity index is 2.09. The van der Waals surface area contributed by atoms with Crippen LogP contribution in [0.15, 0.2) is 76.1 Å². The van der Waals surface area contributed by atoms with E-state index < -0.39 is 28.5 Å². The van der Waals surface area contributed by atoms with Crippen LogP contribution in [0.4, 0.5) is 5.69 Å². The predicted molar refractivity (Wildman–Crippen MR) is 167 cm³/mol. The van der Waals surface area contributed by atoms with Gasteiger partial charge in [-0.3, -0.25) is 13.9 Å². The van der Waals surface area contributed by atoms with E-state index in [1.54, 1.807) is 55.6 Å². The summed E-state index contributed by atoms with van der Waals surface area (Å²) in [6.07, 6.45) is 0.330. The van der Waals surface area contributed by atoms with Crippen molar-refractivity contribution in [1.82, 2.24) is 10.2 Å². The number of aryl methyl sites for hydroxylation is 1. The van der Waals surface area contributed by atoms with Gasteiger partial charge in [-0.2, -0.15) is 0 Å². The molecule has 3 aromatic carbocycles. The number of rotatable bonds is 13. The summed E-state index contributed by atoms with van der Waals surface area (Å²) < 4.78 is 40.3. The third-order valence-electron chi connectivity index (χ3n) is 6.62. The summed E-state index contributed by atoms with van der Waals surface area (Å²) in [5.74, 6) is 0.236. The lowest BCUT2D eigenvalue weighted by Crippen LogP contribution is -2.53. The molecule has 0 aliphatic heterocycles. The first-order chi connectivity index (χ1) is 19.9. The Labute approximate surface area is 257 Å². The van der Waals surface area contributed by atoms with Crippen molar-refractivity contribution >= 4 is 43.5 Å². The highest BCUT2D eigenvalue weighted by atomic mass is 79.9. The van der Waals surface area contributed by atoms with E-state index in [2.05, 4.69) is 21.2 Å². The first-order valence-electron chi connectivity index (χ1n) is 13.6. The summed E-state index contributed by atoms with van der Waals surface area (Å²) in [4.78, 5) is 28.9. The van der Waals surface area contributed by atoms with E-state index in [1.165, 1.54) is 24.1 Å². The molecule has 0 radical (unpaired) electrons. The number of ether oxygens (including phenoxy) is 2. The number of benzene rings is 3. The van der Waals surface area contributed by atoms with E-state index in [0.29, 0.717) is 28.1 Å². The summed E-state index contributed by atoms with van der Waals surface area (Å²) in [7, 11) is -1.18. The number of nitrogens with one attached hydrogen (secondary N) is 1. The van der Waals surface area contributed by atoms with Gasteiger partial charge in [0.05, 0.1) is 29.3 Å². The number of hydrogen-bond acceptors (Lipinski definition) is 6. The SMILES string of the molecule is CCC(C(=O)NC(C)C)N(Cc1cccc(OC)c1)C(=O)CN(c1ccc(C)cc1)S(=O)(=O)c1ccc(OC)c(Br)c1. The summed E-state index contributed by atoms with van der Waals surface area (Å²) >= 11 is 3.36. The lowest BCUT2D eigenvalue weighted by Gasteiger charge is -2.33. The van der Waals surface area contributed by atoms with E-state index in [1.807, 2.05) is 33.8 Å². The van der Waals surface area contributed by atoms with Crippen LogP contribution in [0.3, 0.4) is 0 Å². The minimum absolute atomic E-state index is 0.0208. The van der Waals surface area contributed by atoms with Crippen LogP contribution in [0.5, 0.6) is 11.5 Å². The number of amides is 2. The Morgan fingerprint density at radius 3 is 2.24 bits per heavy atom. The van der Waals surface area contributed by atoms with Gasteiger partial charge in [0, 0.05) is 12.6 Å². The third kappa shape index (κ3) is 8.04. The molecule has 0 fully saturated rings. The van der Waals surface area contributed by atoms with Gasteiger partial charge in [0.2, 0.25) is 11.8 Å². The molecule has 1 atom stereocenters. The molecule has 0 aliphatic rings. The lowest BCUT2D eigenvalue weighted by molar-refractivity contribution is -0.140. The second kappa shape index (κ2) is 14.6. The molecule has 1 N–H and O–H groups in total. The van der Waals surface area contributed by atoms with Crippen molar-refractivity contribution in [1.29, 1.82) is 0 Å². The summed E-state index contributed by atoms with van der Waals surface area (Å²) in [6, 6.07) is 17.6. The van der Waals surface area contributed by atoms with Crippen LogP contribution < -0.4 is 19.1 Å². The first kappa shape index (κ1) is 32.9. The Morgan fingerprint density at radius 2 is 1.67 bits per heavy atom. The van der Waals surface area contributed by atoms with Crippen molar-refractivity contribution in [3.63, 3.8) is 0 Å². The zero-order valence-corrected chi connectivity index (χ0v) is 27.2. The van der Waals surface area contributed by atoms with Crippen LogP contribution >= 0.6 is 15.9 Å². The smallest absolute Gasteiger partial charge is 0.264 e. The maximum absolute atomic E-state index is 14.2. The van der Waals surface area contributed by atoms with Gasteiger partial charge >= 0.3 is 0 Å². The molecule has 0 saturated heterocycles. The Bertz CT molecular complexity index is 1490. The number of nitrogens with zero attached hydrogens (tertiary/aromatic N) is 2. The molecule has 9 nitrogen and oxygen atoms in total. The van der Waals surface area contributed by atoms with E-state index in [4.69, 9.17) is 9.47 Å². The number of carbonyl (C=O) groups excluding carboxylic acids is 2. The van der Waals surface area contributed by atoms with Gasteiger partial charge in [-0.15, -0.1) is 0 Å². The number of methoxy groups -OCH3 is 2. The molecule has 3 aromatic rings. The average molecular weight is 661 g/mol. The summed E-state index contributed by atoms with van der Waals surface area (Å²) in [6.45, 7) is 6.96. The molecule has 0 aromatic heterocycles. The quantitative estimate of drug-likeness (QED) is 0.267. The molecule has 11 heteroatoms. The molecule has 42 heavy (non-hydrogen) atoms. The molecule has 0 aliphatic carbocycles. The summed E-state index contributed by atoms with van der Waals surface area (Å²) in [5, 5.41) is 2.90. The zero-order chi connectivity index (χ0) is 31.0. The minimum Gasteiger partial charge on any atom is -0.497 e. The average Bonchev–Trinajstić information content (AvgIpc) is 2.95. The maximum atomic E-state index is 14.2. The van der Waals surface area contributed by atoms with Crippen molar-refractivity contribution < 1.29 is 27.5 Å². The monoisotopic (exact) mass is 659 g/mol. The first-order valence-corrected chi connectivity index (χ1v) is 15.8. The Hall–Kier alpha value is -3.57. The third-order valence-corrected chi connectivity index (χ3v) is 9.01. The van der Waals surface area contributed by atoms with Crippen LogP contribution in [-0.4, -0.2) is 58.0 Å². The minimum atomic E-state index is -4.22. The molecule has 0 saturated carbocycles. The topological polar surface area (TPSA) is 105 Å². The maximum Gasteiger partial charge on any atom is 0.264 e. The van der Waals surface area contributed by atoms with Gasteiger partial charge in [0.1, 0.15) is 24.1 Å². The number of halogens is 1. The molecular formula is C31H38BrN3O6S. The Morgan fingerprint density at radius 1 is 0.976 bits per heavy atom. The molecule has 0 spiro atoms. The van der Waals surface area contributed by atoms with Crippen molar-refractivity contribution in [3.05, 3.63) is 82.3 Å². The highest BCUT2D eigenvalue weighted by Gasteiger charge is 2.34. The highest BCUT2D eigenvalue weighted by Crippen LogP contribution is 2.31. The largest absolute Gasteiger partial charge is 0.497 e.